The van der Waals surface area contributed by atoms with Crippen molar-refractivity contribution in [1.82, 2.24) is 0 Å². The van der Waals surface area contributed by atoms with Gasteiger partial charge in [-0.15, -0.1) is 0 Å². The summed E-state index contributed by atoms with van der Waals surface area (Å²) in [4.78, 5) is 13.5. The fraction of sp³-hybridized carbons (Fsp3) is 0.762. The fourth-order valence-electron chi connectivity index (χ4n) is 4.16. The molecule has 1 aliphatic carbocycles. The van der Waals surface area contributed by atoms with Gasteiger partial charge < -0.3 is 9.84 Å². The van der Waals surface area contributed by atoms with Crippen LogP contribution in [0.4, 0.5) is 0 Å². The SMILES string of the molecule is CC(C)=C(C1=CC(O)(C(C)(C)C)C2OC2(C(C)(C)C)C1=O)C(C)C. The fourth-order valence-corrected chi connectivity index (χ4v) is 4.16. The quantitative estimate of drug-likeness (QED) is 0.759. The minimum Gasteiger partial charge on any atom is -0.382 e. The molecule has 0 aromatic rings. The summed E-state index contributed by atoms with van der Waals surface area (Å²) >= 11 is 0. The van der Waals surface area contributed by atoms with E-state index >= 15 is 0 Å². The Balaban J connectivity index is 2.76. The van der Waals surface area contributed by atoms with Gasteiger partial charge in [0.15, 0.2) is 11.4 Å². The maximum Gasteiger partial charge on any atom is 0.198 e. The first kappa shape index (κ1) is 19.4. The monoisotopic (exact) mass is 334 g/mol. The van der Waals surface area contributed by atoms with Crippen LogP contribution in [0.3, 0.4) is 0 Å². The summed E-state index contributed by atoms with van der Waals surface area (Å²) in [6.07, 6.45) is 1.31. The Morgan fingerprint density at radius 2 is 1.62 bits per heavy atom. The normalized spacial score (nSPS) is 33.2. The van der Waals surface area contributed by atoms with E-state index in [1.54, 1.807) is 6.08 Å². The van der Waals surface area contributed by atoms with Gasteiger partial charge in [-0.05, 0) is 36.8 Å². The molecule has 0 spiro atoms. The van der Waals surface area contributed by atoms with E-state index in [1.165, 1.54) is 0 Å². The Hall–Kier alpha value is -0.930. The van der Waals surface area contributed by atoms with E-state index < -0.39 is 22.7 Å². The molecule has 2 aliphatic rings. The molecule has 3 unspecified atom stereocenters. The molecule has 1 heterocycles. The van der Waals surface area contributed by atoms with Gasteiger partial charge >= 0.3 is 0 Å². The summed E-state index contributed by atoms with van der Waals surface area (Å²) < 4.78 is 6.05. The van der Waals surface area contributed by atoms with Gasteiger partial charge in [-0.1, -0.05) is 61.0 Å². The van der Waals surface area contributed by atoms with Crippen molar-refractivity contribution in [3.05, 3.63) is 22.8 Å². The summed E-state index contributed by atoms with van der Waals surface area (Å²) in [6.45, 7) is 20.3. The largest absolute Gasteiger partial charge is 0.382 e. The Kier molecular flexibility index (Phi) is 4.27. The van der Waals surface area contributed by atoms with Crippen LogP contribution in [0.5, 0.6) is 0 Å². The Bertz CT molecular complexity index is 620. The van der Waals surface area contributed by atoms with Gasteiger partial charge in [-0.2, -0.15) is 0 Å². The second-order valence-electron chi connectivity index (χ2n) is 10.0. The number of ether oxygens (including phenoxy) is 1. The van der Waals surface area contributed by atoms with Crippen LogP contribution in [0.2, 0.25) is 0 Å². The van der Waals surface area contributed by atoms with Crippen molar-refractivity contribution < 1.29 is 14.6 Å². The molecule has 1 fully saturated rings. The van der Waals surface area contributed by atoms with E-state index in [4.69, 9.17) is 4.74 Å². The van der Waals surface area contributed by atoms with E-state index in [9.17, 15) is 9.90 Å². The molecule has 0 aromatic carbocycles. The van der Waals surface area contributed by atoms with Crippen molar-refractivity contribution in [3.8, 4) is 0 Å². The van der Waals surface area contributed by atoms with E-state index in [-0.39, 0.29) is 17.1 Å². The molecule has 0 bridgehead atoms. The van der Waals surface area contributed by atoms with Crippen molar-refractivity contribution in [2.75, 3.05) is 0 Å². The zero-order valence-corrected chi connectivity index (χ0v) is 17.0. The summed E-state index contributed by atoms with van der Waals surface area (Å²) in [6, 6.07) is 0. The van der Waals surface area contributed by atoms with Gasteiger partial charge in [0.1, 0.15) is 11.7 Å². The molecule has 0 radical (unpaired) electrons. The molecule has 1 saturated heterocycles. The molecule has 2 rings (SSSR count). The van der Waals surface area contributed by atoms with Crippen molar-refractivity contribution >= 4 is 5.78 Å². The smallest absolute Gasteiger partial charge is 0.198 e. The van der Waals surface area contributed by atoms with Crippen LogP contribution in [0.25, 0.3) is 0 Å². The van der Waals surface area contributed by atoms with Crippen LogP contribution in [-0.4, -0.2) is 28.2 Å². The van der Waals surface area contributed by atoms with Gasteiger partial charge in [0.2, 0.25) is 0 Å². The molecule has 0 saturated carbocycles. The zero-order valence-electron chi connectivity index (χ0n) is 17.0. The number of carbonyl (C=O) groups is 1. The van der Waals surface area contributed by atoms with Crippen LogP contribution in [-0.2, 0) is 9.53 Å². The highest BCUT2D eigenvalue weighted by atomic mass is 16.6. The predicted molar refractivity (Wildman–Crippen MR) is 97.8 cm³/mol. The molecule has 3 atom stereocenters. The average Bonchev–Trinajstić information content (AvgIpc) is 3.10. The number of aliphatic hydroxyl groups is 1. The molecule has 0 amide bonds. The van der Waals surface area contributed by atoms with Crippen molar-refractivity contribution in [1.29, 1.82) is 0 Å². The maximum absolute atomic E-state index is 13.5. The Morgan fingerprint density at radius 3 is 1.96 bits per heavy atom. The predicted octanol–water partition coefficient (Wildman–Crippen LogP) is 4.45. The summed E-state index contributed by atoms with van der Waals surface area (Å²) in [5.41, 5.74) is -0.124. The minimum atomic E-state index is -1.17. The molecule has 136 valence electrons. The number of allylic oxidation sites excluding steroid dienone is 2. The third-order valence-corrected chi connectivity index (χ3v) is 5.68. The number of hydrogen-bond donors (Lipinski definition) is 1. The number of Topliss-reactive ketones (excluding diaryl/α,β-unsaturated/α-hetero) is 1. The van der Waals surface area contributed by atoms with E-state index in [0.29, 0.717) is 5.57 Å². The van der Waals surface area contributed by atoms with Gasteiger partial charge in [0.25, 0.3) is 0 Å². The highest BCUT2D eigenvalue weighted by molar-refractivity contribution is 6.10. The summed E-state index contributed by atoms with van der Waals surface area (Å²) in [5, 5.41) is 11.6. The van der Waals surface area contributed by atoms with E-state index in [2.05, 4.69) is 13.8 Å². The lowest BCUT2D eigenvalue weighted by atomic mass is 9.60. The number of carbonyl (C=O) groups excluding carboxylic acids is 1. The Labute approximate surface area is 147 Å². The summed E-state index contributed by atoms with van der Waals surface area (Å²) in [5.74, 6) is 0.237. The van der Waals surface area contributed by atoms with Gasteiger partial charge in [0, 0.05) is 11.0 Å². The lowest BCUT2D eigenvalue weighted by molar-refractivity contribution is -0.125. The third-order valence-electron chi connectivity index (χ3n) is 5.68. The lowest BCUT2D eigenvalue weighted by Crippen LogP contribution is -2.57. The zero-order chi connectivity index (χ0) is 18.9. The maximum atomic E-state index is 13.5. The van der Waals surface area contributed by atoms with Crippen molar-refractivity contribution in [3.63, 3.8) is 0 Å². The van der Waals surface area contributed by atoms with Crippen LogP contribution in [0.1, 0.15) is 69.2 Å². The van der Waals surface area contributed by atoms with Crippen LogP contribution in [0, 0.1) is 16.7 Å². The molecule has 1 N–H and O–H groups in total. The first-order valence-corrected chi connectivity index (χ1v) is 8.97. The summed E-state index contributed by atoms with van der Waals surface area (Å²) in [7, 11) is 0. The number of epoxide rings is 1. The second kappa shape index (κ2) is 5.28. The molecular formula is C21H34O3. The van der Waals surface area contributed by atoms with Crippen molar-refractivity contribution in [2.45, 2.75) is 86.5 Å². The first-order chi connectivity index (χ1) is 10.6. The molecule has 1 aliphatic heterocycles. The topological polar surface area (TPSA) is 49.8 Å². The Morgan fingerprint density at radius 1 is 1.12 bits per heavy atom. The van der Waals surface area contributed by atoms with E-state index in [1.807, 2.05) is 55.4 Å². The third kappa shape index (κ3) is 2.43. The highest BCUT2D eigenvalue weighted by Crippen LogP contribution is 2.62. The van der Waals surface area contributed by atoms with E-state index in [0.717, 1.165) is 11.1 Å². The average molecular weight is 335 g/mol. The second-order valence-corrected chi connectivity index (χ2v) is 10.0. The van der Waals surface area contributed by atoms with Crippen LogP contribution in [0.15, 0.2) is 22.8 Å². The molecule has 3 nitrogen and oxygen atoms in total. The molecule has 24 heavy (non-hydrogen) atoms. The number of fused-ring (bicyclic) bond motifs is 1. The number of ketones is 1. The highest BCUT2D eigenvalue weighted by Gasteiger charge is 2.78. The standard InChI is InChI=1S/C21H34O3/c1-12(2)15(13(3)4)14-11-20(23,18(5,6)7)17-21(24-17,16(14)22)19(8,9)10/h11-12,17,23H,1-10H3. The first-order valence-electron chi connectivity index (χ1n) is 8.97. The molecular weight excluding hydrogens is 300 g/mol. The van der Waals surface area contributed by atoms with Gasteiger partial charge in [-0.25, -0.2) is 0 Å². The van der Waals surface area contributed by atoms with Gasteiger partial charge in [-0.3, -0.25) is 4.79 Å². The number of rotatable bonds is 2. The molecule has 0 aromatic heterocycles. The minimum absolute atomic E-state index is 0.0267. The molecule has 3 heteroatoms. The van der Waals surface area contributed by atoms with Crippen LogP contribution >= 0.6 is 0 Å². The lowest BCUT2D eigenvalue weighted by Gasteiger charge is -2.43. The number of hydrogen-bond acceptors (Lipinski definition) is 3. The van der Waals surface area contributed by atoms with Crippen molar-refractivity contribution in [2.24, 2.45) is 16.7 Å². The van der Waals surface area contributed by atoms with Gasteiger partial charge in [0.05, 0.1) is 0 Å². The van der Waals surface area contributed by atoms with Crippen LogP contribution < -0.4 is 0 Å².